The van der Waals surface area contributed by atoms with Crippen molar-refractivity contribution in [1.82, 2.24) is 4.98 Å². The van der Waals surface area contributed by atoms with E-state index in [1.807, 2.05) is 6.92 Å². The van der Waals surface area contributed by atoms with E-state index in [1.165, 1.54) is 10.9 Å². The van der Waals surface area contributed by atoms with Gasteiger partial charge >= 0.3 is 0 Å². The lowest BCUT2D eigenvalue weighted by molar-refractivity contribution is 0.648. The summed E-state index contributed by atoms with van der Waals surface area (Å²) in [4.78, 5) is 4.50. The number of fused-ring (bicyclic) bond motifs is 1. The molecule has 1 heteroatoms. The SMILES string of the molecule is Cc1ccc2cc(CC(C)C)ccc2n1. The van der Waals surface area contributed by atoms with E-state index in [2.05, 4.69) is 49.2 Å². The molecule has 0 unspecified atom stereocenters. The van der Waals surface area contributed by atoms with Crippen molar-refractivity contribution in [3.8, 4) is 0 Å². The number of rotatable bonds is 2. The number of aromatic nitrogens is 1. The Bertz CT molecular complexity index is 472. The lowest BCUT2D eigenvalue weighted by Crippen LogP contribution is -1.94. The zero-order valence-corrected chi connectivity index (χ0v) is 9.62. The van der Waals surface area contributed by atoms with Crippen LogP contribution in [0.4, 0.5) is 0 Å². The standard InChI is InChI=1S/C14H17N/c1-10(2)8-12-5-7-14-13(9-12)6-4-11(3)15-14/h4-7,9-10H,8H2,1-3H3. The van der Waals surface area contributed by atoms with Gasteiger partial charge in [0.2, 0.25) is 0 Å². The summed E-state index contributed by atoms with van der Waals surface area (Å²) in [5.41, 5.74) is 3.59. The van der Waals surface area contributed by atoms with E-state index >= 15 is 0 Å². The van der Waals surface area contributed by atoms with Crippen molar-refractivity contribution in [1.29, 1.82) is 0 Å². The summed E-state index contributed by atoms with van der Waals surface area (Å²) >= 11 is 0. The average molecular weight is 199 g/mol. The van der Waals surface area contributed by atoms with E-state index in [4.69, 9.17) is 0 Å². The molecule has 0 aliphatic heterocycles. The van der Waals surface area contributed by atoms with E-state index in [-0.39, 0.29) is 0 Å². The van der Waals surface area contributed by atoms with Crippen LogP contribution in [0.1, 0.15) is 25.1 Å². The maximum atomic E-state index is 4.50. The monoisotopic (exact) mass is 199 g/mol. The summed E-state index contributed by atoms with van der Waals surface area (Å²) in [6, 6.07) is 10.8. The van der Waals surface area contributed by atoms with Gasteiger partial charge in [0, 0.05) is 11.1 Å². The van der Waals surface area contributed by atoms with Crippen molar-refractivity contribution in [2.45, 2.75) is 27.2 Å². The third-order valence-electron chi connectivity index (χ3n) is 2.54. The first-order chi connectivity index (χ1) is 7.15. The van der Waals surface area contributed by atoms with Crippen LogP contribution in [0.2, 0.25) is 0 Å². The normalized spacial score (nSPS) is 11.2. The smallest absolute Gasteiger partial charge is 0.0705 e. The van der Waals surface area contributed by atoms with Crippen LogP contribution in [0.25, 0.3) is 10.9 Å². The Labute approximate surface area is 91.2 Å². The van der Waals surface area contributed by atoms with Crippen LogP contribution in [0.3, 0.4) is 0 Å². The molecule has 2 aromatic rings. The van der Waals surface area contributed by atoms with Crippen molar-refractivity contribution in [2.24, 2.45) is 5.92 Å². The number of pyridine rings is 1. The number of aryl methyl sites for hydroxylation is 1. The van der Waals surface area contributed by atoms with Crippen LogP contribution in [0, 0.1) is 12.8 Å². The van der Waals surface area contributed by atoms with Gasteiger partial charge in [0.25, 0.3) is 0 Å². The highest BCUT2D eigenvalue weighted by atomic mass is 14.7. The highest BCUT2D eigenvalue weighted by Crippen LogP contribution is 2.16. The van der Waals surface area contributed by atoms with Gasteiger partial charge in [-0.05, 0) is 43.0 Å². The number of hydrogen-bond acceptors (Lipinski definition) is 1. The Hall–Kier alpha value is -1.37. The lowest BCUT2D eigenvalue weighted by Gasteiger charge is -2.06. The predicted molar refractivity (Wildman–Crippen MR) is 65.0 cm³/mol. The molecule has 0 bridgehead atoms. The maximum Gasteiger partial charge on any atom is 0.0705 e. The van der Waals surface area contributed by atoms with Crippen LogP contribution in [0.15, 0.2) is 30.3 Å². The Morgan fingerprint density at radius 3 is 2.67 bits per heavy atom. The Balaban J connectivity index is 2.43. The maximum absolute atomic E-state index is 4.50. The molecule has 0 radical (unpaired) electrons. The summed E-state index contributed by atoms with van der Waals surface area (Å²) in [5, 5.41) is 1.25. The van der Waals surface area contributed by atoms with Gasteiger partial charge in [0.05, 0.1) is 5.52 Å². The minimum Gasteiger partial charge on any atom is -0.253 e. The summed E-state index contributed by atoms with van der Waals surface area (Å²) in [7, 11) is 0. The van der Waals surface area contributed by atoms with E-state index in [9.17, 15) is 0 Å². The van der Waals surface area contributed by atoms with Crippen LogP contribution >= 0.6 is 0 Å². The van der Waals surface area contributed by atoms with Gasteiger partial charge in [0.15, 0.2) is 0 Å². The summed E-state index contributed by atoms with van der Waals surface area (Å²) in [6.07, 6.45) is 1.14. The quantitative estimate of drug-likeness (QED) is 0.718. The molecule has 1 heterocycles. The first-order valence-electron chi connectivity index (χ1n) is 5.51. The van der Waals surface area contributed by atoms with Gasteiger partial charge in [-0.25, -0.2) is 0 Å². The fourth-order valence-electron chi connectivity index (χ4n) is 1.88. The zero-order valence-electron chi connectivity index (χ0n) is 9.62. The van der Waals surface area contributed by atoms with Gasteiger partial charge < -0.3 is 0 Å². The van der Waals surface area contributed by atoms with Crippen molar-refractivity contribution < 1.29 is 0 Å². The van der Waals surface area contributed by atoms with Crippen molar-refractivity contribution >= 4 is 10.9 Å². The molecule has 0 saturated heterocycles. The lowest BCUT2D eigenvalue weighted by atomic mass is 10.0. The Morgan fingerprint density at radius 2 is 1.93 bits per heavy atom. The molecule has 1 nitrogen and oxygen atoms in total. The van der Waals surface area contributed by atoms with Crippen molar-refractivity contribution in [3.63, 3.8) is 0 Å². The molecule has 0 aliphatic rings. The average Bonchev–Trinajstić information content (AvgIpc) is 2.17. The molecule has 0 saturated carbocycles. The molecular formula is C14H17N. The molecule has 1 aromatic carbocycles. The molecule has 0 aliphatic carbocycles. The highest BCUT2D eigenvalue weighted by molar-refractivity contribution is 5.79. The highest BCUT2D eigenvalue weighted by Gasteiger charge is 2.00. The summed E-state index contributed by atoms with van der Waals surface area (Å²) in [5.74, 6) is 0.709. The van der Waals surface area contributed by atoms with E-state index in [0.717, 1.165) is 17.6 Å². The van der Waals surface area contributed by atoms with Gasteiger partial charge in [-0.3, -0.25) is 4.98 Å². The minimum absolute atomic E-state index is 0.709. The van der Waals surface area contributed by atoms with Gasteiger partial charge in [-0.2, -0.15) is 0 Å². The first kappa shape index (κ1) is 10.2. The minimum atomic E-state index is 0.709. The molecular weight excluding hydrogens is 182 g/mol. The van der Waals surface area contributed by atoms with Gasteiger partial charge in [-0.1, -0.05) is 26.0 Å². The number of nitrogens with zero attached hydrogens (tertiary/aromatic N) is 1. The molecule has 0 N–H and O–H groups in total. The second-order valence-corrected chi connectivity index (χ2v) is 4.58. The predicted octanol–water partition coefficient (Wildman–Crippen LogP) is 3.74. The molecule has 2 rings (SSSR count). The van der Waals surface area contributed by atoms with E-state index in [0.29, 0.717) is 5.92 Å². The fourth-order valence-corrected chi connectivity index (χ4v) is 1.88. The Kier molecular flexibility index (Phi) is 2.72. The number of benzene rings is 1. The van der Waals surface area contributed by atoms with Crippen LogP contribution in [0.5, 0.6) is 0 Å². The second kappa shape index (κ2) is 4.01. The molecule has 0 fully saturated rings. The topological polar surface area (TPSA) is 12.9 Å². The third kappa shape index (κ3) is 2.35. The second-order valence-electron chi connectivity index (χ2n) is 4.58. The zero-order chi connectivity index (χ0) is 10.8. The van der Waals surface area contributed by atoms with Crippen molar-refractivity contribution in [2.75, 3.05) is 0 Å². The number of hydrogen-bond donors (Lipinski definition) is 0. The van der Waals surface area contributed by atoms with E-state index in [1.54, 1.807) is 0 Å². The largest absolute Gasteiger partial charge is 0.253 e. The molecule has 0 amide bonds. The fraction of sp³-hybridized carbons (Fsp3) is 0.357. The molecule has 0 atom stereocenters. The third-order valence-corrected chi connectivity index (χ3v) is 2.54. The van der Waals surface area contributed by atoms with Gasteiger partial charge in [-0.15, -0.1) is 0 Å². The molecule has 1 aromatic heterocycles. The molecule has 15 heavy (non-hydrogen) atoms. The van der Waals surface area contributed by atoms with Crippen molar-refractivity contribution in [3.05, 3.63) is 41.6 Å². The molecule has 0 spiro atoms. The first-order valence-corrected chi connectivity index (χ1v) is 5.51. The summed E-state index contributed by atoms with van der Waals surface area (Å²) in [6.45, 7) is 6.52. The summed E-state index contributed by atoms with van der Waals surface area (Å²) < 4.78 is 0. The van der Waals surface area contributed by atoms with Crippen LogP contribution in [-0.2, 0) is 6.42 Å². The van der Waals surface area contributed by atoms with Crippen LogP contribution in [-0.4, -0.2) is 4.98 Å². The van der Waals surface area contributed by atoms with Crippen LogP contribution < -0.4 is 0 Å². The molecule has 78 valence electrons. The van der Waals surface area contributed by atoms with E-state index < -0.39 is 0 Å². The Morgan fingerprint density at radius 1 is 1.13 bits per heavy atom. The van der Waals surface area contributed by atoms with Gasteiger partial charge in [0.1, 0.15) is 0 Å².